The summed E-state index contributed by atoms with van der Waals surface area (Å²) in [6.45, 7) is 4.72. The molecule has 6 heteroatoms. The van der Waals surface area contributed by atoms with Crippen LogP contribution in [0.1, 0.15) is 30.4 Å². The number of carbonyl (C=O) groups excluding carboxylic acids is 2. The van der Waals surface area contributed by atoms with Crippen LogP contribution in [0.3, 0.4) is 0 Å². The summed E-state index contributed by atoms with van der Waals surface area (Å²) in [6, 6.07) is 7.83. The molecule has 132 valence electrons. The second-order valence-corrected chi connectivity index (χ2v) is 6.32. The van der Waals surface area contributed by atoms with Crippen LogP contribution in [0, 0.1) is 0 Å². The lowest BCUT2D eigenvalue weighted by molar-refractivity contribution is -0.120. The highest BCUT2D eigenvalue weighted by Crippen LogP contribution is 2.07. The van der Waals surface area contributed by atoms with Gasteiger partial charge in [0.1, 0.15) is 0 Å². The third-order valence-electron chi connectivity index (χ3n) is 4.21. The van der Waals surface area contributed by atoms with Gasteiger partial charge in [0, 0.05) is 19.6 Å². The van der Waals surface area contributed by atoms with Gasteiger partial charge in [-0.2, -0.15) is 0 Å². The van der Waals surface area contributed by atoms with E-state index in [2.05, 4.69) is 15.5 Å². The van der Waals surface area contributed by atoms with Gasteiger partial charge in [-0.1, -0.05) is 30.7 Å². The van der Waals surface area contributed by atoms with Gasteiger partial charge < -0.3 is 21.3 Å². The zero-order valence-corrected chi connectivity index (χ0v) is 14.2. The predicted molar refractivity (Wildman–Crippen MR) is 94.3 cm³/mol. The molecule has 4 N–H and O–H groups in total. The van der Waals surface area contributed by atoms with Crippen molar-refractivity contribution in [2.24, 2.45) is 5.73 Å². The highest BCUT2D eigenvalue weighted by Gasteiger charge is 2.10. The molecule has 2 amide bonds. The summed E-state index contributed by atoms with van der Waals surface area (Å²) in [5, 5.41) is 5.96. The summed E-state index contributed by atoms with van der Waals surface area (Å²) < 4.78 is 0. The standard InChI is InChI=1S/C18H28N4O2/c19-17(23)14-20-13-16-6-4-15(5-7-16)12-18(24)21-8-11-22-9-2-1-3-10-22/h4-7,20H,1-3,8-14H2,(H2,19,23)(H,21,24). The van der Waals surface area contributed by atoms with Crippen molar-refractivity contribution in [1.29, 1.82) is 0 Å². The van der Waals surface area contributed by atoms with E-state index in [4.69, 9.17) is 5.73 Å². The number of carbonyl (C=O) groups is 2. The van der Waals surface area contributed by atoms with Gasteiger partial charge in [0.15, 0.2) is 0 Å². The molecule has 0 radical (unpaired) electrons. The van der Waals surface area contributed by atoms with E-state index in [1.807, 2.05) is 24.3 Å². The molecule has 0 unspecified atom stereocenters. The van der Waals surface area contributed by atoms with E-state index in [1.165, 1.54) is 19.3 Å². The maximum absolute atomic E-state index is 12.0. The second kappa shape index (κ2) is 10.1. The average Bonchev–Trinajstić information content (AvgIpc) is 2.57. The first-order valence-corrected chi connectivity index (χ1v) is 8.69. The highest BCUT2D eigenvalue weighted by atomic mass is 16.2. The first-order chi connectivity index (χ1) is 11.6. The van der Waals surface area contributed by atoms with Crippen molar-refractivity contribution >= 4 is 11.8 Å². The van der Waals surface area contributed by atoms with Crippen molar-refractivity contribution in [2.45, 2.75) is 32.2 Å². The number of rotatable bonds is 9. The first kappa shape index (κ1) is 18.4. The Labute approximate surface area is 143 Å². The molecule has 24 heavy (non-hydrogen) atoms. The monoisotopic (exact) mass is 332 g/mol. The Morgan fingerprint density at radius 3 is 2.38 bits per heavy atom. The number of hydrogen-bond donors (Lipinski definition) is 3. The lowest BCUT2D eigenvalue weighted by atomic mass is 10.1. The molecule has 1 aromatic carbocycles. The molecule has 2 rings (SSSR count). The number of amides is 2. The lowest BCUT2D eigenvalue weighted by Gasteiger charge is -2.26. The Bertz CT molecular complexity index is 524. The third kappa shape index (κ3) is 7.10. The van der Waals surface area contributed by atoms with E-state index in [0.717, 1.165) is 30.8 Å². The van der Waals surface area contributed by atoms with E-state index >= 15 is 0 Å². The summed E-state index contributed by atoms with van der Waals surface area (Å²) >= 11 is 0. The average molecular weight is 332 g/mol. The van der Waals surface area contributed by atoms with Crippen molar-refractivity contribution in [3.8, 4) is 0 Å². The van der Waals surface area contributed by atoms with Crippen LogP contribution >= 0.6 is 0 Å². The summed E-state index contributed by atoms with van der Waals surface area (Å²) in [6.07, 6.45) is 4.27. The molecule has 1 fully saturated rings. The number of nitrogens with two attached hydrogens (primary N) is 1. The zero-order chi connectivity index (χ0) is 17.2. The number of primary amides is 1. The fourth-order valence-corrected chi connectivity index (χ4v) is 2.89. The summed E-state index contributed by atoms with van der Waals surface area (Å²) in [5.74, 6) is -0.306. The smallest absolute Gasteiger partial charge is 0.231 e. The molecule has 1 saturated heterocycles. The van der Waals surface area contributed by atoms with E-state index in [9.17, 15) is 9.59 Å². The highest BCUT2D eigenvalue weighted by molar-refractivity contribution is 5.78. The van der Waals surface area contributed by atoms with E-state index in [1.54, 1.807) is 0 Å². The SMILES string of the molecule is NC(=O)CNCc1ccc(CC(=O)NCCN2CCCCC2)cc1. The molecule has 1 aliphatic rings. The van der Waals surface area contributed by atoms with Crippen LogP contribution in [-0.4, -0.2) is 49.4 Å². The Morgan fingerprint density at radius 1 is 1.04 bits per heavy atom. The zero-order valence-electron chi connectivity index (χ0n) is 14.2. The molecule has 0 spiro atoms. The number of hydrogen-bond acceptors (Lipinski definition) is 4. The quantitative estimate of drug-likeness (QED) is 0.611. The van der Waals surface area contributed by atoms with E-state index in [-0.39, 0.29) is 18.4 Å². The number of piperidine rings is 1. The number of likely N-dealkylation sites (tertiary alicyclic amines) is 1. The molecule has 0 aliphatic carbocycles. The molecule has 0 saturated carbocycles. The maximum atomic E-state index is 12.0. The number of benzene rings is 1. The third-order valence-corrected chi connectivity index (χ3v) is 4.21. The Balaban J connectivity index is 1.64. The predicted octanol–water partition coefficient (Wildman–Crippen LogP) is 0.406. The minimum atomic E-state index is -0.368. The topological polar surface area (TPSA) is 87.5 Å². The van der Waals surface area contributed by atoms with Crippen molar-refractivity contribution in [1.82, 2.24) is 15.5 Å². The molecule has 6 nitrogen and oxygen atoms in total. The lowest BCUT2D eigenvalue weighted by Crippen LogP contribution is -2.38. The van der Waals surface area contributed by atoms with Gasteiger partial charge in [-0.25, -0.2) is 0 Å². The van der Waals surface area contributed by atoms with Crippen LogP contribution in [0.15, 0.2) is 24.3 Å². The minimum absolute atomic E-state index is 0.0617. The Hall–Kier alpha value is -1.92. The molecule has 1 heterocycles. The van der Waals surface area contributed by atoms with Gasteiger partial charge >= 0.3 is 0 Å². The summed E-state index contributed by atoms with van der Waals surface area (Å²) in [7, 11) is 0. The molecule has 0 bridgehead atoms. The fraction of sp³-hybridized carbons (Fsp3) is 0.556. The summed E-state index contributed by atoms with van der Waals surface area (Å²) in [5.41, 5.74) is 7.12. The van der Waals surface area contributed by atoms with Gasteiger partial charge in [0.05, 0.1) is 13.0 Å². The van der Waals surface area contributed by atoms with Crippen LogP contribution in [0.5, 0.6) is 0 Å². The Kier molecular flexibility index (Phi) is 7.71. The van der Waals surface area contributed by atoms with Crippen LogP contribution in [0.2, 0.25) is 0 Å². The largest absolute Gasteiger partial charge is 0.369 e. The van der Waals surface area contributed by atoms with E-state index in [0.29, 0.717) is 19.5 Å². The molecular formula is C18H28N4O2. The van der Waals surface area contributed by atoms with Gasteiger partial charge in [0.2, 0.25) is 11.8 Å². The Morgan fingerprint density at radius 2 is 1.71 bits per heavy atom. The maximum Gasteiger partial charge on any atom is 0.231 e. The van der Waals surface area contributed by atoms with Crippen LogP contribution < -0.4 is 16.4 Å². The second-order valence-electron chi connectivity index (χ2n) is 6.32. The number of nitrogens with one attached hydrogen (secondary N) is 2. The first-order valence-electron chi connectivity index (χ1n) is 8.69. The normalized spacial score (nSPS) is 15.2. The number of nitrogens with zero attached hydrogens (tertiary/aromatic N) is 1. The summed E-state index contributed by atoms with van der Waals surface area (Å²) in [4.78, 5) is 25.1. The molecular weight excluding hydrogens is 304 g/mol. The van der Waals surface area contributed by atoms with E-state index < -0.39 is 0 Å². The minimum Gasteiger partial charge on any atom is -0.369 e. The molecule has 1 aromatic rings. The van der Waals surface area contributed by atoms with Gasteiger partial charge in [-0.15, -0.1) is 0 Å². The fourth-order valence-electron chi connectivity index (χ4n) is 2.89. The van der Waals surface area contributed by atoms with Crippen molar-refractivity contribution < 1.29 is 9.59 Å². The molecule has 1 aliphatic heterocycles. The van der Waals surface area contributed by atoms with Gasteiger partial charge in [-0.05, 0) is 37.1 Å². The molecule has 0 aromatic heterocycles. The van der Waals surface area contributed by atoms with Gasteiger partial charge in [-0.3, -0.25) is 9.59 Å². The molecule has 0 atom stereocenters. The van der Waals surface area contributed by atoms with Crippen LogP contribution in [0.25, 0.3) is 0 Å². The van der Waals surface area contributed by atoms with Gasteiger partial charge in [0.25, 0.3) is 0 Å². The van der Waals surface area contributed by atoms with Crippen LogP contribution in [0.4, 0.5) is 0 Å². The van der Waals surface area contributed by atoms with Crippen molar-refractivity contribution in [2.75, 3.05) is 32.7 Å². The van der Waals surface area contributed by atoms with Crippen molar-refractivity contribution in [3.63, 3.8) is 0 Å². The van der Waals surface area contributed by atoms with Crippen LogP contribution in [-0.2, 0) is 22.6 Å². The van der Waals surface area contributed by atoms with Crippen molar-refractivity contribution in [3.05, 3.63) is 35.4 Å².